The number of rotatable bonds is 5. The number of anilines is 1. The van der Waals surface area contributed by atoms with E-state index in [9.17, 15) is 9.90 Å². The Hall–Kier alpha value is -2.92. The predicted octanol–water partition coefficient (Wildman–Crippen LogP) is 3.41. The highest BCUT2D eigenvalue weighted by Crippen LogP contribution is 2.29. The van der Waals surface area contributed by atoms with Crippen LogP contribution in [0.4, 0.5) is 5.69 Å². The van der Waals surface area contributed by atoms with E-state index in [2.05, 4.69) is 4.98 Å². The standard InChI is InChI=1S/C20H18N2O2S/c1-22(2)16-11-8-14(9-12-16)10-13-17-21-18(19(25-17)20(23)24)15-6-4-3-5-7-15/h3-13H,1-2H3,(H,23,24)/p-1/b13-10+. The van der Waals surface area contributed by atoms with Crippen molar-refractivity contribution >= 4 is 35.1 Å². The van der Waals surface area contributed by atoms with Gasteiger partial charge in [0, 0.05) is 25.3 Å². The van der Waals surface area contributed by atoms with Gasteiger partial charge in [0.05, 0.1) is 16.5 Å². The van der Waals surface area contributed by atoms with Gasteiger partial charge in [-0.25, -0.2) is 4.98 Å². The van der Waals surface area contributed by atoms with E-state index in [0.717, 1.165) is 28.2 Å². The molecule has 0 atom stereocenters. The van der Waals surface area contributed by atoms with Gasteiger partial charge in [-0.3, -0.25) is 0 Å². The van der Waals surface area contributed by atoms with Gasteiger partial charge in [0.25, 0.3) is 0 Å². The zero-order valence-corrected chi connectivity index (χ0v) is 14.8. The molecule has 0 radical (unpaired) electrons. The lowest BCUT2D eigenvalue weighted by Crippen LogP contribution is -2.21. The molecule has 0 saturated heterocycles. The molecule has 3 rings (SSSR count). The summed E-state index contributed by atoms with van der Waals surface area (Å²) in [5.74, 6) is -1.20. The molecule has 0 aliphatic rings. The number of aromatic carboxylic acids is 1. The summed E-state index contributed by atoms with van der Waals surface area (Å²) in [7, 11) is 3.99. The normalized spacial score (nSPS) is 11.0. The molecular weight excluding hydrogens is 332 g/mol. The lowest BCUT2D eigenvalue weighted by atomic mass is 10.1. The lowest BCUT2D eigenvalue weighted by molar-refractivity contribution is -0.254. The van der Waals surface area contributed by atoms with Crippen LogP contribution in [0.5, 0.6) is 0 Å². The Morgan fingerprint density at radius 2 is 1.72 bits per heavy atom. The Balaban J connectivity index is 1.89. The van der Waals surface area contributed by atoms with Gasteiger partial charge in [0.1, 0.15) is 5.01 Å². The number of carbonyl (C=O) groups is 1. The third-order valence-electron chi connectivity index (χ3n) is 3.70. The van der Waals surface area contributed by atoms with Gasteiger partial charge in [-0.15, -0.1) is 11.3 Å². The molecule has 1 heterocycles. The first-order chi connectivity index (χ1) is 12.0. The summed E-state index contributed by atoms with van der Waals surface area (Å²) >= 11 is 1.12. The van der Waals surface area contributed by atoms with Gasteiger partial charge in [0.15, 0.2) is 0 Å². The molecule has 25 heavy (non-hydrogen) atoms. The third-order valence-corrected chi connectivity index (χ3v) is 4.70. The molecule has 0 aliphatic heterocycles. The van der Waals surface area contributed by atoms with Crippen LogP contribution in [0.1, 0.15) is 20.2 Å². The van der Waals surface area contributed by atoms with E-state index < -0.39 is 5.97 Å². The van der Waals surface area contributed by atoms with E-state index in [1.54, 1.807) is 0 Å². The van der Waals surface area contributed by atoms with Gasteiger partial charge in [-0.1, -0.05) is 48.5 Å². The Bertz CT molecular complexity index is 897. The summed E-state index contributed by atoms with van der Waals surface area (Å²) in [6.45, 7) is 0. The molecule has 4 nitrogen and oxygen atoms in total. The number of nitrogens with zero attached hydrogens (tertiary/aromatic N) is 2. The molecule has 0 unspecified atom stereocenters. The smallest absolute Gasteiger partial charge is 0.117 e. The molecule has 2 aromatic carbocycles. The zero-order chi connectivity index (χ0) is 17.8. The maximum absolute atomic E-state index is 11.4. The highest BCUT2D eigenvalue weighted by atomic mass is 32.1. The van der Waals surface area contributed by atoms with E-state index in [4.69, 9.17) is 0 Å². The molecule has 1 aromatic heterocycles. The molecular formula is C20H17N2O2S-. The maximum atomic E-state index is 11.4. The van der Waals surface area contributed by atoms with E-state index in [1.807, 2.05) is 85.7 Å². The fourth-order valence-electron chi connectivity index (χ4n) is 2.39. The maximum Gasteiger partial charge on any atom is 0.117 e. The van der Waals surface area contributed by atoms with Crippen LogP contribution in [0, 0.1) is 0 Å². The van der Waals surface area contributed by atoms with Crippen molar-refractivity contribution in [3.63, 3.8) is 0 Å². The molecule has 0 amide bonds. The van der Waals surface area contributed by atoms with Gasteiger partial charge in [-0.05, 0) is 23.8 Å². The SMILES string of the molecule is CN(C)c1ccc(/C=C/c2nc(-c3ccccc3)c(C(=O)[O-])s2)cc1. The molecule has 0 bridgehead atoms. The van der Waals surface area contributed by atoms with Crippen molar-refractivity contribution in [2.45, 2.75) is 0 Å². The predicted molar refractivity (Wildman–Crippen MR) is 102 cm³/mol. The summed E-state index contributed by atoms with van der Waals surface area (Å²) < 4.78 is 0. The largest absolute Gasteiger partial charge is 0.544 e. The van der Waals surface area contributed by atoms with Gasteiger partial charge in [0.2, 0.25) is 0 Å². The van der Waals surface area contributed by atoms with Gasteiger partial charge >= 0.3 is 0 Å². The number of carboxylic acid groups (broad SMARTS) is 1. The van der Waals surface area contributed by atoms with Crippen molar-refractivity contribution in [1.82, 2.24) is 4.98 Å². The molecule has 0 N–H and O–H groups in total. The number of carboxylic acids is 1. The lowest BCUT2D eigenvalue weighted by Gasteiger charge is -2.11. The quantitative estimate of drug-likeness (QED) is 0.708. The van der Waals surface area contributed by atoms with E-state index >= 15 is 0 Å². The van der Waals surface area contributed by atoms with Crippen molar-refractivity contribution in [2.75, 3.05) is 19.0 Å². The van der Waals surface area contributed by atoms with Crippen LogP contribution in [0.3, 0.4) is 0 Å². The fourth-order valence-corrected chi connectivity index (χ4v) is 3.21. The van der Waals surface area contributed by atoms with Crippen LogP contribution < -0.4 is 10.0 Å². The highest BCUT2D eigenvalue weighted by Gasteiger charge is 2.12. The number of aromatic nitrogens is 1. The fraction of sp³-hybridized carbons (Fsp3) is 0.100. The average Bonchev–Trinajstić information content (AvgIpc) is 3.06. The van der Waals surface area contributed by atoms with Crippen LogP contribution >= 0.6 is 11.3 Å². The Kier molecular flexibility index (Phi) is 4.95. The topological polar surface area (TPSA) is 56.3 Å². The van der Waals surface area contributed by atoms with Gasteiger partial charge in [-0.2, -0.15) is 0 Å². The van der Waals surface area contributed by atoms with E-state index in [0.29, 0.717) is 10.7 Å². The summed E-state index contributed by atoms with van der Waals surface area (Å²) in [5, 5.41) is 12.0. The van der Waals surface area contributed by atoms with Crippen LogP contribution in [0.15, 0.2) is 54.6 Å². The van der Waals surface area contributed by atoms with Crippen LogP contribution in [0.25, 0.3) is 23.4 Å². The minimum atomic E-state index is -1.20. The van der Waals surface area contributed by atoms with E-state index in [1.165, 1.54) is 0 Å². The Morgan fingerprint density at radius 3 is 2.32 bits per heavy atom. The second kappa shape index (κ2) is 7.32. The molecule has 126 valence electrons. The second-order valence-electron chi connectivity index (χ2n) is 5.70. The number of benzene rings is 2. The minimum absolute atomic E-state index is 0.147. The monoisotopic (exact) mass is 349 g/mol. The average molecular weight is 349 g/mol. The van der Waals surface area contributed by atoms with Crippen molar-refractivity contribution in [3.05, 3.63) is 70.0 Å². The minimum Gasteiger partial charge on any atom is -0.544 e. The van der Waals surface area contributed by atoms with Crippen LogP contribution in [-0.4, -0.2) is 25.0 Å². The molecule has 5 heteroatoms. The molecule has 0 fully saturated rings. The van der Waals surface area contributed by atoms with Gasteiger partial charge < -0.3 is 14.8 Å². The summed E-state index contributed by atoms with van der Waals surface area (Å²) in [6, 6.07) is 17.4. The zero-order valence-electron chi connectivity index (χ0n) is 14.0. The number of hydrogen-bond donors (Lipinski definition) is 0. The van der Waals surface area contributed by atoms with Crippen LogP contribution in [0.2, 0.25) is 0 Å². The first-order valence-electron chi connectivity index (χ1n) is 7.77. The summed E-state index contributed by atoms with van der Waals surface area (Å²) in [6.07, 6.45) is 3.75. The first kappa shape index (κ1) is 16.9. The third kappa shape index (κ3) is 3.95. The van der Waals surface area contributed by atoms with E-state index in [-0.39, 0.29) is 4.88 Å². The molecule has 0 saturated carbocycles. The second-order valence-corrected chi connectivity index (χ2v) is 6.73. The number of carbonyl (C=O) groups excluding carboxylic acids is 1. The first-order valence-corrected chi connectivity index (χ1v) is 8.59. The number of hydrogen-bond acceptors (Lipinski definition) is 5. The van der Waals surface area contributed by atoms with Crippen LogP contribution in [-0.2, 0) is 0 Å². The summed E-state index contributed by atoms with van der Waals surface area (Å²) in [5.41, 5.74) is 3.37. The Labute approximate surface area is 150 Å². The summed E-state index contributed by atoms with van der Waals surface area (Å²) in [4.78, 5) is 18.1. The number of thiazole rings is 1. The van der Waals surface area contributed by atoms with Crippen molar-refractivity contribution < 1.29 is 9.90 Å². The van der Waals surface area contributed by atoms with Crippen molar-refractivity contribution in [1.29, 1.82) is 0 Å². The molecule has 0 spiro atoms. The van der Waals surface area contributed by atoms with Crippen molar-refractivity contribution in [3.8, 4) is 11.3 Å². The van der Waals surface area contributed by atoms with Crippen molar-refractivity contribution in [2.24, 2.45) is 0 Å². The molecule has 0 aliphatic carbocycles. The molecule has 3 aromatic rings. The Morgan fingerprint density at radius 1 is 1.04 bits per heavy atom. The highest BCUT2D eigenvalue weighted by molar-refractivity contribution is 7.14.